The highest BCUT2D eigenvalue weighted by Crippen LogP contribution is 2.36. The van der Waals surface area contributed by atoms with Crippen LogP contribution in [0.2, 0.25) is 0 Å². The van der Waals surface area contributed by atoms with E-state index in [0.717, 1.165) is 32.4 Å². The smallest absolute Gasteiger partial charge is 0.316 e. The van der Waals surface area contributed by atoms with Gasteiger partial charge in [-0.3, -0.25) is 4.98 Å². The molecule has 2 unspecified atom stereocenters. The van der Waals surface area contributed by atoms with Crippen molar-refractivity contribution in [1.82, 2.24) is 10.3 Å². The van der Waals surface area contributed by atoms with Gasteiger partial charge in [0.25, 0.3) is 0 Å². The standard InChI is InChI=1S/C14H19F3N2.ClH/c1-10(8-11-4-2-6-18-9-11)12-5-3-7-19-13(12)14(15,16)17;/h3,5,7,10-11,18H,2,4,6,8-9H2,1H3;1H. The molecular weight excluding hydrogens is 289 g/mol. The first-order valence-corrected chi connectivity index (χ1v) is 6.71. The summed E-state index contributed by atoms with van der Waals surface area (Å²) in [6.07, 6.45) is -0.172. The lowest BCUT2D eigenvalue weighted by Gasteiger charge is -2.26. The highest BCUT2D eigenvalue weighted by Gasteiger charge is 2.36. The average Bonchev–Trinajstić information content (AvgIpc) is 2.39. The van der Waals surface area contributed by atoms with Crippen LogP contribution in [0.3, 0.4) is 0 Å². The fourth-order valence-corrected chi connectivity index (χ4v) is 2.80. The van der Waals surface area contributed by atoms with E-state index in [1.165, 1.54) is 6.20 Å². The molecule has 1 aliphatic heterocycles. The van der Waals surface area contributed by atoms with E-state index in [1.807, 2.05) is 6.92 Å². The fourth-order valence-electron chi connectivity index (χ4n) is 2.80. The molecule has 0 bridgehead atoms. The molecule has 0 radical (unpaired) electrons. The van der Waals surface area contributed by atoms with Crippen LogP contribution in [0, 0.1) is 5.92 Å². The number of halogens is 4. The first-order chi connectivity index (χ1) is 8.98. The Kier molecular flexibility index (Phi) is 6.27. The second-order valence-electron chi connectivity index (χ2n) is 5.29. The van der Waals surface area contributed by atoms with Crippen LogP contribution in [-0.4, -0.2) is 18.1 Å². The zero-order chi connectivity index (χ0) is 13.9. The van der Waals surface area contributed by atoms with Gasteiger partial charge in [0.1, 0.15) is 5.69 Å². The Balaban J connectivity index is 0.00000200. The monoisotopic (exact) mass is 308 g/mol. The van der Waals surface area contributed by atoms with Crippen LogP contribution in [0.15, 0.2) is 18.3 Å². The SMILES string of the molecule is CC(CC1CCCNC1)c1cccnc1C(F)(F)F.Cl. The Morgan fingerprint density at radius 3 is 2.80 bits per heavy atom. The van der Waals surface area contributed by atoms with Gasteiger partial charge < -0.3 is 5.32 Å². The molecule has 1 aromatic heterocycles. The number of nitrogens with zero attached hydrogens (tertiary/aromatic N) is 1. The summed E-state index contributed by atoms with van der Waals surface area (Å²) >= 11 is 0. The molecule has 2 rings (SSSR count). The van der Waals surface area contributed by atoms with Crippen molar-refractivity contribution in [2.75, 3.05) is 13.1 Å². The summed E-state index contributed by atoms with van der Waals surface area (Å²) < 4.78 is 38.7. The first kappa shape index (κ1) is 17.2. The van der Waals surface area contributed by atoms with Gasteiger partial charge in [-0.05, 0) is 55.8 Å². The lowest BCUT2D eigenvalue weighted by molar-refractivity contribution is -0.142. The number of alkyl halides is 3. The zero-order valence-corrected chi connectivity index (χ0v) is 12.2. The molecule has 0 spiro atoms. The van der Waals surface area contributed by atoms with E-state index in [-0.39, 0.29) is 18.3 Å². The molecule has 2 atom stereocenters. The van der Waals surface area contributed by atoms with Gasteiger partial charge in [-0.2, -0.15) is 13.2 Å². The van der Waals surface area contributed by atoms with Crippen LogP contribution in [0.5, 0.6) is 0 Å². The van der Waals surface area contributed by atoms with Crippen LogP contribution in [0.4, 0.5) is 13.2 Å². The predicted molar refractivity (Wildman–Crippen MR) is 75.1 cm³/mol. The topological polar surface area (TPSA) is 24.9 Å². The molecule has 1 N–H and O–H groups in total. The minimum absolute atomic E-state index is 0. The number of nitrogens with one attached hydrogen (secondary N) is 1. The van der Waals surface area contributed by atoms with Gasteiger partial charge in [0.05, 0.1) is 0 Å². The second kappa shape index (κ2) is 7.27. The van der Waals surface area contributed by atoms with Crippen LogP contribution in [0.1, 0.15) is 43.4 Å². The summed E-state index contributed by atoms with van der Waals surface area (Å²) in [5.74, 6) is 0.347. The molecular formula is C14H20ClF3N2. The van der Waals surface area contributed by atoms with Crippen molar-refractivity contribution in [3.63, 3.8) is 0 Å². The highest BCUT2D eigenvalue weighted by atomic mass is 35.5. The third-order valence-corrected chi connectivity index (χ3v) is 3.72. The van der Waals surface area contributed by atoms with Crippen LogP contribution in [-0.2, 0) is 6.18 Å². The van der Waals surface area contributed by atoms with E-state index in [1.54, 1.807) is 12.1 Å². The van der Waals surface area contributed by atoms with E-state index in [0.29, 0.717) is 11.5 Å². The van der Waals surface area contributed by atoms with Crippen molar-refractivity contribution in [2.24, 2.45) is 5.92 Å². The molecule has 0 aliphatic carbocycles. The largest absolute Gasteiger partial charge is 0.433 e. The normalized spacial score (nSPS) is 21.1. The minimum atomic E-state index is -4.37. The third kappa shape index (κ3) is 4.35. The summed E-state index contributed by atoms with van der Waals surface area (Å²) in [6, 6.07) is 3.14. The number of piperidine rings is 1. The zero-order valence-electron chi connectivity index (χ0n) is 11.4. The number of rotatable bonds is 3. The second-order valence-corrected chi connectivity index (χ2v) is 5.29. The van der Waals surface area contributed by atoms with Gasteiger partial charge in [-0.25, -0.2) is 0 Å². The minimum Gasteiger partial charge on any atom is -0.316 e. The van der Waals surface area contributed by atoms with E-state index >= 15 is 0 Å². The number of aromatic nitrogens is 1. The molecule has 0 saturated carbocycles. The molecule has 1 saturated heterocycles. The molecule has 6 heteroatoms. The van der Waals surface area contributed by atoms with Crippen molar-refractivity contribution in [2.45, 2.75) is 38.3 Å². The van der Waals surface area contributed by atoms with Crippen molar-refractivity contribution >= 4 is 12.4 Å². The summed E-state index contributed by atoms with van der Waals surface area (Å²) in [4.78, 5) is 3.52. The summed E-state index contributed by atoms with van der Waals surface area (Å²) in [6.45, 7) is 3.79. The molecule has 1 fully saturated rings. The maximum absolute atomic E-state index is 12.9. The van der Waals surface area contributed by atoms with Crippen molar-refractivity contribution in [1.29, 1.82) is 0 Å². The van der Waals surface area contributed by atoms with Crippen LogP contribution in [0.25, 0.3) is 0 Å². The molecule has 2 heterocycles. The van der Waals surface area contributed by atoms with Gasteiger partial charge in [0, 0.05) is 6.20 Å². The van der Waals surface area contributed by atoms with Crippen molar-refractivity contribution < 1.29 is 13.2 Å². The Bertz CT molecular complexity index is 417. The van der Waals surface area contributed by atoms with Crippen molar-refractivity contribution in [3.8, 4) is 0 Å². The predicted octanol–water partition coefficient (Wildman–Crippen LogP) is 4.02. The average molecular weight is 309 g/mol. The fraction of sp³-hybridized carbons (Fsp3) is 0.643. The van der Waals surface area contributed by atoms with E-state index < -0.39 is 11.9 Å². The number of hydrogen-bond donors (Lipinski definition) is 1. The van der Waals surface area contributed by atoms with Gasteiger partial charge >= 0.3 is 6.18 Å². The number of pyridine rings is 1. The van der Waals surface area contributed by atoms with Gasteiger partial charge in [-0.1, -0.05) is 13.0 Å². The Morgan fingerprint density at radius 1 is 1.45 bits per heavy atom. The van der Waals surface area contributed by atoms with Gasteiger partial charge in [0.15, 0.2) is 0 Å². The van der Waals surface area contributed by atoms with Crippen molar-refractivity contribution in [3.05, 3.63) is 29.6 Å². The van der Waals surface area contributed by atoms with Crippen LogP contribution >= 0.6 is 12.4 Å². The maximum Gasteiger partial charge on any atom is 0.433 e. The molecule has 1 aromatic rings. The quantitative estimate of drug-likeness (QED) is 0.912. The van der Waals surface area contributed by atoms with Crippen LogP contribution < -0.4 is 5.32 Å². The van der Waals surface area contributed by atoms with Gasteiger partial charge in [0.2, 0.25) is 0 Å². The van der Waals surface area contributed by atoms with E-state index in [2.05, 4.69) is 10.3 Å². The first-order valence-electron chi connectivity index (χ1n) is 6.71. The lowest BCUT2D eigenvalue weighted by atomic mass is 9.85. The lowest BCUT2D eigenvalue weighted by Crippen LogP contribution is -2.30. The Labute approximate surface area is 123 Å². The third-order valence-electron chi connectivity index (χ3n) is 3.72. The van der Waals surface area contributed by atoms with E-state index in [4.69, 9.17) is 0 Å². The molecule has 20 heavy (non-hydrogen) atoms. The molecule has 1 aliphatic rings. The Morgan fingerprint density at radius 2 is 2.20 bits per heavy atom. The molecule has 0 aromatic carbocycles. The molecule has 114 valence electrons. The Hall–Kier alpha value is -0.810. The molecule has 0 amide bonds. The maximum atomic E-state index is 12.9. The van der Waals surface area contributed by atoms with E-state index in [9.17, 15) is 13.2 Å². The summed E-state index contributed by atoms with van der Waals surface area (Å²) in [7, 11) is 0. The van der Waals surface area contributed by atoms with Gasteiger partial charge in [-0.15, -0.1) is 12.4 Å². The summed E-state index contributed by atoms with van der Waals surface area (Å²) in [5.41, 5.74) is -0.410. The summed E-state index contributed by atoms with van der Waals surface area (Å²) in [5, 5.41) is 3.30. The molecule has 2 nitrogen and oxygen atoms in total. The number of hydrogen-bond acceptors (Lipinski definition) is 2. The highest BCUT2D eigenvalue weighted by molar-refractivity contribution is 5.85.